The molecule has 3 atom stereocenters. The summed E-state index contributed by atoms with van der Waals surface area (Å²) in [6.45, 7) is 0. The lowest BCUT2D eigenvalue weighted by molar-refractivity contribution is 0.365. The Morgan fingerprint density at radius 1 is 0.655 bits per heavy atom. The summed E-state index contributed by atoms with van der Waals surface area (Å²) in [5, 5.41) is 8.18. The van der Waals surface area contributed by atoms with Gasteiger partial charge in [-0.05, 0) is 51.7 Å². The van der Waals surface area contributed by atoms with Crippen molar-refractivity contribution in [3.05, 3.63) is 125 Å². The molecule has 1 fully saturated rings. The van der Waals surface area contributed by atoms with Crippen LogP contribution >= 0.6 is 11.6 Å². The van der Waals surface area contributed by atoms with E-state index in [2.05, 4.69) is 101 Å². The van der Waals surface area contributed by atoms with Crippen LogP contribution < -0.4 is 0 Å². The van der Waals surface area contributed by atoms with E-state index in [0.29, 0.717) is 0 Å². The molecular formula is C26H19ClN2. The van der Waals surface area contributed by atoms with Gasteiger partial charge in [-0.25, -0.2) is 0 Å². The average Bonchev–Trinajstić information content (AvgIpc) is 3.37. The van der Waals surface area contributed by atoms with Crippen LogP contribution in [0.5, 0.6) is 0 Å². The predicted molar refractivity (Wildman–Crippen MR) is 119 cm³/mol. The number of hydrogen-bond acceptors (Lipinski definition) is 2. The van der Waals surface area contributed by atoms with Gasteiger partial charge >= 0.3 is 0 Å². The standard InChI is InChI=1S/C26H19ClN2/c27-23-12-6-11-21(16-23)25-17-24(19-8-2-1-3-9-19)28-26(29(25)28)22-14-13-18-7-4-5-10-20(18)15-22/h1-17,25-26H. The van der Waals surface area contributed by atoms with Crippen LogP contribution in [0.1, 0.15) is 28.9 Å². The number of benzene rings is 4. The molecule has 2 aliphatic rings. The first-order chi connectivity index (χ1) is 14.3. The first kappa shape index (κ1) is 16.8. The highest BCUT2D eigenvalue weighted by molar-refractivity contribution is 6.30. The number of halogens is 1. The normalized spacial score (nSPS) is 22.4. The van der Waals surface area contributed by atoms with Gasteiger partial charge in [-0.3, -0.25) is 5.01 Å². The summed E-state index contributed by atoms with van der Waals surface area (Å²) in [5.41, 5.74) is 5.04. The van der Waals surface area contributed by atoms with E-state index in [0.717, 1.165) is 5.02 Å². The van der Waals surface area contributed by atoms with Gasteiger partial charge in [-0.2, -0.15) is 5.01 Å². The van der Waals surface area contributed by atoms with Crippen LogP contribution in [0.15, 0.2) is 103 Å². The minimum atomic E-state index is 0.181. The molecule has 2 nitrogen and oxygen atoms in total. The summed E-state index contributed by atoms with van der Waals surface area (Å²) in [5.74, 6) is 0. The second-order valence-corrected chi connectivity index (χ2v) is 8.06. The molecule has 2 aliphatic heterocycles. The third-order valence-electron chi connectivity index (χ3n) is 5.86. The van der Waals surface area contributed by atoms with E-state index in [-0.39, 0.29) is 12.2 Å². The van der Waals surface area contributed by atoms with Crippen molar-refractivity contribution in [1.29, 1.82) is 0 Å². The molecular weight excluding hydrogens is 376 g/mol. The Hall–Kier alpha value is -3.07. The van der Waals surface area contributed by atoms with Crippen LogP contribution in [0.4, 0.5) is 0 Å². The van der Waals surface area contributed by atoms with Crippen molar-refractivity contribution in [2.45, 2.75) is 12.2 Å². The van der Waals surface area contributed by atoms with Gasteiger partial charge in [-0.15, -0.1) is 0 Å². The molecule has 6 rings (SSSR count). The molecule has 3 unspecified atom stereocenters. The fourth-order valence-electron chi connectivity index (χ4n) is 4.47. The van der Waals surface area contributed by atoms with Gasteiger partial charge in [0.25, 0.3) is 0 Å². The maximum absolute atomic E-state index is 6.30. The third kappa shape index (κ3) is 2.76. The molecule has 4 aromatic carbocycles. The third-order valence-corrected chi connectivity index (χ3v) is 6.09. The summed E-state index contributed by atoms with van der Waals surface area (Å²) >= 11 is 6.30. The zero-order valence-corrected chi connectivity index (χ0v) is 16.5. The van der Waals surface area contributed by atoms with Crippen molar-refractivity contribution in [1.82, 2.24) is 10.0 Å². The molecule has 0 aromatic heterocycles. The predicted octanol–water partition coefficient (Wildman–Crippen LogP) is 6.82. The topological polar surface area (TPSA) is 6.02 Å². The lowest BCUT2D eigenvalue weighted by atomic mass is 10.0. The highest BCUT2D eigenvalue weighted by Gasteiger charge is 2.55. The zero-order chi connectivity index (χ0) is 19.4. The summed E-state index contributed by atoms with van der Waals surface area (Å²) in [4.78, 5) is 0. The molecule has 140 valence electrons. The molecule has 0 spiro atoms. The lowest BCUT2D eigenvalue weighted by Crippen LogP contribution is -2.06. The molecule has 2 heterocycles. The number of fused-ring (bicyclic) bond motifs is 2. The van der Waals surface area contributed by atoms with E-state index >= 15 is 0 Å². The van der Waals surface area contributed by atoms with Gasteiger partial charge in [0.15, 0.2) is 0 Å². The van der Waals surface area contributed by atoms with Gasteiger partial charge in [0.05, 0.1) is 11.7 Å². The van der Waals surface area contributed by atoms with E-state index in [1.165, 1.54) is 33.2 Å². The van der Waals surface area contributed by atoms with Crippen LogP contribution in [0, 0.1) is 0 Å². The van der Waals surface area contributed by atoms with E-state index in [4.69, 9.17) is 11.6 Å². The smallest absolute Gasteiger partial charge is 0.141 e. The van der Waals surface area contributed by atoms with Crippen molar-refractivity contribution in [3.8, 4) is 0 Å². The molecule has 0 bridgehead atoms. The van der Waals surface area contributed by atoms with Crippen molar-refractivity contribution in [2.24, 2.45) is 0 Å². The fraction of sp³-hybridized carbons (Fsp3) is 0.0769. The summed E-state index contributed by atoms with van der Waals surface area (Å²) in [6.07, 6.45) is 2.59. The molecule has 4 aromatic rings. The van der Waals surface area contributed by atoms with Crippen molar-refractivity contribution < 1.29 is 0 Å². The Morgan fingerprint density at radius 2 is 1.45 bits per heavy atom. The van der Waals surface area contributed by atoms with Crippen molar-refractivity contribution in [2.75, 3.05) is 0 Å². The molecule has 1 saturated heterocycles. The molecule has 0 amide bonds. The fourth-order valence-corrected chi connectivity index (χ4v) is 4.67. The summed E-state index contributed by atoms with van der Waals surface area (Å²) in [6, 6.07) is 34.3. The van der Waals surface area contributed by atoms with Crippen LogP contribution in [0.2, 0.25) is 5.02 Å². The summed E-state index contributed by atoms with van der Waals surface area (Å²) in [7, 11) is 0. The maximum atomic E-state index is 6.30. The number of hydrogen-bond donors (Lipinski definition) is 0. The monoisotopic (exact) mass is 394 g/mol. The average molecular weight is 395 g/mol. The highest BCUT2D eigenvalue weighted by atomic mass is 35.5. The Labute approximate surface area is 175 Å². The minimum Gasteiger partial charge on any atom is -0.279 e. The van der Waals surface area contributed by atoms with Gasteiger partial charge in [0, 0.05) is 5.02 Å². The first-order valence-electron chi connectivity index (χ1n) is 9.88. The van der Waals surface area contributed by atoms with Gasteiger partial charge < -0.3 is 0 Å². The lowest BCUT2D eigenvalue weighted by Gasteiger charge is -2.12. The number of nitrogens with zero attached hydrogens (tertiary/aromatic N) is 2. The number of rotatable bonds is 3. The molecule has 0 N–H and O–H groups in total. The van der Waals surface area contributed by atoms with Gasteiger partial charge in [0.1, 0.15) is 6.17 Å². The van der Waals surface area contributed by atoms with Gasteiger partial charge in [0.2, 0.25) is 0 Å². The molecule has 0 saturated carbocycles. The van der Waals surface area contributed by atoms with E-state index < -0.39 is 0 Å². The second-order valence-electron chi connectivity index (χ2n) is 7.62. The largest absolute Gasteiger partial charge is 0.279 e. The van der Waals surface area contributed by atoms with E-state index in [1.54, 1.807) is 0 Å². The second kappa shape index (κ2) is 6.48. The Kier molecular flexibility index (Phi) is 3.77. The van der Waals surface area contributed by atoms with E-state index in [1.807, 2.05) is 12.1 Å². The van der Waals surface area contributed by atoms with Crippen molar-refractivity contribution >= 4 is 28.1 Å². The SMILES string of the molecule is Clc1cccc(C2C=C(c3ccccc3)N3C(c4ccc5ccccc5c4)N23)c1. The maximum Gasteiger partial charge on any atom is 0.141 e. The Bertz CT molecular complexity index is 1250. The van der Waals surface area contributed by atoms with Gasteiger partial charge in [-0.1, -0.05) is 90.5 Å². The minimum absolute atomic E-state index is 0.181. The van der Waals surface area contributed by atoms with Crippen LogP contribution in [0.25, 0.3) is 16.5 Å². The van der Waals surface area contributed by atoms with E-state index in [9.17, 15) is 0 Å². The van der Waals surface area contributed by atoms with Crippen LogP contribution in [-0.2, 0) is 0 Å². The van der Waals surface area contributed by atoms with Crippen molar-refractivity contribution in [3.63, 3.8) is 0 Å². The Balaban J connectivity index is 1.44. The summed E-state index contributed by atoms with van der Waals surface area (Å²) < 4.78 is 0. The highest BCUT2D eigenvalue weighted by Crippen LogP contribution is 2.58. The van der Waals surface area contributed by atoms with Crippen LogP contribution in [-0.4, -0.2) is 10.0 Å². The van der Waals surface area contributed by atoms with Crippen LogP contribution in [0.3, 0.4) is 0 Å². The molecule has 0 aliphatic carbocycles. The Morgan fingerprint density at radius 3 is 2.28 bits per heavy atom. The molecule has 3 heteroatoms. The number of hydrazine groups is 1. The quantitative estimate of drug-likeness (QED) is 0.351. The first-order valence-corrected chi connectivity index (χ1v) is 10.3. The zero-order valence-electron chi connectivity index (χ0n) is 15.7. The molecule has 0 radical (unpaired) electrons. The molecule has 29 heavy (non-hydrogen) atoms.